The van der Waals surface area contributed by atoms with E-state index in [1.807, 2.05) is 6.07 Å². The Labute approximate surface area is 152 Å². The van der Waals surface area contributed by atoms with Gasteiger partial charge in [0.05, 0.1) is 11.5 Å². The van der Waals surface area contributed by atoms with Gasteiger partial charge in [-0.1, -0.05) is 0 Å². The van der Waals surface area contributed by atoms with E-state index in [4.69, 9.17) is 4.74 Å². The van der Waals surface area contributed by atoms with Gasteiger partial charge in [-0.2, -0.15) is 0 Å². The molecule has 8 heteroatoms. The Morgan fingerprint density at radius 2 is 2.08 bits per heavy atom. The van der Waals surface area contributed by atoms with E-state index in [9.17, 15) is 18.0 Å². The van der Waals surface area contributed by atoms with Crippen molar-refractivity contribution in [3.63, 3.8) is 0 Å². The minimum Gasteiger partial charge on any atom is -0.451 e. The first kappa shape index (κ1) is 18.4. The minimum atomic E-state index is -3.06. The highest BCUT2D eigenvalue weighted by Crippen LogP contribution is 2.30. The number of fused-ring (bicyclic) bond motifs is 1. The average molecular weight is 386 g/mol. The van der Waals surface area contributed by atoms with E-state index in [1.54, 1.807) is 6.92 Å². The van der Waals surface area contributed by atoms with Crippen LogP contribution in [0.2, 0.25) is 0 Å². The standard InChI is InChI=1S/C17H23NO5S2/c1-2-18(13-7-8-25(21,22)11-13)16(19)10-23-17(20)15-9-12-5-3-4-6-14(12)24-15/h9,13H,2-8,10-11H2,1H3/t13-/m1/s1. The van der Waals surface area contributed by atoms with E-state index in [-0.39, 0.29) is 30.1 Å². The summed E-state index contributed by atoms with van der Waals surface area (Å²) in [5, 5.41) is 0. The largest absolute Gasteiger partial charge is 0.451 e. The van der Waals surface area contributed by atoms with Gasteiger partial charge < -0.3 is 9.64 Å². The highest BCUT2D eigenvalue weighted by Gasteiger charge is 2.34. The van der Waals surface area contributed by atoms with Crippen LogP contribution in [0.4, 0.5) is 0 Å². The van der Waals surface area contributed by atoms with Crippen molar-refractivity contribution in [2.24, 2.45) is 0 Å². The van der Waals surface area contributed by atoms with E-state index >= 15 is 0 Å². The lowest BCUT2D eigenvalue weighted by Gasteiger charge is -2.26. The molecule has 0 radical (unpaired) electrons. The van der Waals surface area contributed by atoms with Crippen molar-refractivity contribution >= 4 is 33.1 Å². The predicted octanol–water partition coefficient (Wildman–Crippen LogP) is 1.82. The van der Waals surface area contributed by atoms with Gasteiger partial charge in [-0.3, -0.25) is 4.79 Å². The topological polar surface area (TPSA) is 80.8 Å². The van der Waals surface area contributed by atoms with E-state index in [0.29, 0.717) is 17.8 Å². The van der Waals surface area contributed by atoms with Gasteiger partial charge in [0.15, 0.2) is 16.4 Å². The molecule has 1 amide bonds. The molecule has 0 N–H and O–H groups in total. The number of thiophene rings is 1. The summed E-state index contributed by atoms with van der Waals surface area (Å²) < 4.78 is 28.4. The second-order valence-electron chi connectivity index (χ2n) is 6.58. The fourth-order valence-electron chi connectivity index (χ4n) is 3.53. The summed E-state index contributed by atoms with van der Waals surface area (Å²) in [6.45, 7) is 1.87. The van der Waals surface area contributed by atoms with Crippen LogP contribution >= 0.6 is 11.3 Å². The quantitative estimate of drug-likeness (QED) is 0.722. The number of nitrogens with zero attached hydrogens (tertiary/aromatic N) is 1. The number of aryl methyl sites for hydroxylation is 2. The zero-order valence-corrected chi connectivity index (χ0v) is 16.0. The van der Waals surface area contributed by atoms with Crippen molar-refractivity contribution in [3.8, 4) is 0 Å². The fourth-order valence-corrected chi connectivity index (χ4v) is 6.41. The highest BCUT2D eigenvalue weighted by molar-refractivity contribution is 7.91. The molecule has 0 unspecified atom stereocenters. The number of amides is 1. The smallest absolute Gasteiger partial charge is 0.348 e. The van der Waals surface area contributed by atoms with E-state index in [1.165, 1.54) is 26.7 Å². The molecule has 25 heavy (non-hydrogen) atoms. The molecule has 1 fully saturated rings. The van der Waals surface area contributed by atoms with Crippen LogP contribution in [0.3, 0.4) is 0 Å². The molecule has 1 aliphatic carbocycles. The van der Waals surface area contributed by atoms with Crippen molar-refractivity contribution in [2.75, 3.05) is 24.7 Å². The molecule has 3 rings (SSSR count). The van der Waals surface area contributed by atoms with Crippen LogP contribution in [-0.2, 0) is 32.2 Å². The first-order valence-electron chi connectivity index (χ1n) is 8.68. The van der Waals surface area contributed by atoms with Gasteiger partial charge in [-0.15, -0.1) is 11.3 Å². The Bertz CT molecular complexity index is 745. The molecule has 1 atom stereocenters. The predicted molar refractivity (Wildman–Crippen MR) is 95.7 cm³/mol. The molecule has 1 aromatic heterocycles. The molecule has 2 heterocycles. The number of hydrogen-bond donors (Lipinski definition) is 0. The molecule has 0 spiro atoms. The maximum atomic E-state index is 12.4. The Kier molecular flexibility index (Phi) is 5.48. The minimum absolute atomic E-state index is 0.00181. The Balaban J connectivity index is 1.57. The molecule has 138 valence electrons. The van der Waals surface area contributed by atoms with Gasteiger partial charge in [0.2, 0.25) is 0 Å². The molecular weight excluding hydrogens is 362 g/mol. The average Bonchev–Trinajstić information content (AvgIpc) is 3.16. The zero-order chi connectivity index (χ0) is 18.0. The first-order chi connectivity index (χ1) is 11.9. The number of rotatable bonds is 5. The summed E-state index contributed by atoms with van der Waals surface area (Å²) in [4.78, 5) is 27.9. The fraction of sp³-hybridized carbons (Fsp3) is 0.647. The molecular formula is C17H23NO5S2. The molecule has 0 bridgehead atoms. The Hall–Kier alpha value is -1.41. The zero-order valence-electron chi connectivity index (χ0n) is 14.3. The van der Waals surface area contributed by atoms with Gasteiger partial charge >= 0.3 is 5.97 Å². The number of carbonyl (C=O) groups excluding carboxylic acids is 2. The maximum absolute atomic E-state index is 12.4. The highest BCUT2D eigenvalue weighted by atomic mass is 32.2. The van der Waals surface area contributed by atoms with Crippen LogP contribution in [-0.4, -0.2) is 55.9 Å². The third-order valence-electron chi connectivity index (χ3n) is 4.83. The van der Waals surface area contributed by atoms with Crippen molar-refractivity contribution in [3.05, 3.63) is 21.4 Å². The second kappa shape index (κ2) is 7.45. The number of ether oxygens (including phenoxy) is 1. The molecule has 6 nitrogen and oxygen atoms in total. The molecule has 0 aromatic carbocycles. The lowest BCUT2D eigenvalue weighted by Crippen LogP contribution is -2.43. The summed E-state index contributed by atoms with van der Waals surface area (Å²) in [6, 6.07) is 1.57. The molecule has 1 aliphatic heterocycles. The van der Waals surface area contributed by atoms with Crippen LogP contribution in [0, 0.1) is 0 Å². The van der Waals surface area contributed by atoms with Crippen LogP contribution in [0.15, 0.2) is 6.07 Å². The van der Waals surface area contributed by atoms with Gasteiger partial charge in [-0.05, 0) is 50.7 Å². The van der Waals surface area contributed by atoms with E-state index < -0.39 is 15.8 Å². The SMILES string of the molecule is CCN(C(=O)COC(=O)c1cc2c(s1)CCCC2)[C@@H]1CCS(=O)(=O)C1. The van der Waals surface area contributed by atoms with Crippen LogP contribution in [0.1, 0.15) is 46.3 Å². The van der Waals surface area contributed by atoms with Gasteiger partial charge in [0, 0.05) is 17.5 Å². The van der Waals surface area contributed by atoms with Crippen molar-refractivity contribution in [1.82, 2.24) is 4.90 Å². The number of esters is 1. The summed E-state index contributed by atoms with van der Waals surface area (Å²) in [6.07, 6.45) is 4.75. The number of carbonyl (C=O) groups is 2. The number of likely N-dealkylation sites (N-methyl/N-ethyl adjacent to an activating group) is 1. The number of hydrogen-bond acceptors (Lipinski definition) is 6. The first-order valence-corrected chi connectivity index (χ1v) is 11.3. The van der Waals surface area contributed by atoms with Crippen LogP contribution < -0.4 is 0 Å². The summed E-state index contributed by atoms with van der Waals surface area (Å²) in [5.41, 5.74) is 1.22. The third-order valence-corrected chi connectivity index (χ3v) is 7.80. The molecule has 1 saturated heterocycles. The lowest BCUT2D eigenvalue weighted by atomic mass is 9.99. The number of sulfone groups is 1. The summed E-state index contributed by atoms with van der Waals surface area (Å²) in [7, 11) is -3.06. The second-order valence-corrected chi connectivity index (χ2v) is 9.94. The van der Waals surface area contributed by atoms with Gasteiger partial charge in [0.1, 0.15) is 4.88 Å². The third kappa shape index (κ3) is 4.23. The van der Waals surface area contributed by atoms with E-state index in [0.717, 1.165) is 25.7 Å². The lowest BCUT2D eigenvalue weighted by molar-refractivity contribution is -0.136. The van der Waals surface area contributed by atoms with Crippen LogP contribution in [0.25, 0.3) is 0 Å². The summed E-state index contributed by atoms with van der Waals surface area (Å²) in [5.74, 6) is -0.692. The Morgan fingerprint density at radius 1 is 1.32 bits per heavy atom. The Morgan fingerprint density at radius 3 is 2.72 bits per heavy atom. The van der Waals surface area contributed by atoms with Crippen molar-refractivity contribution in [1.29, 1.82) is 0 Å². The van der Waals surface area contributed by atoms with E-state index in [2.05, 4.69) is 0 Å². The van der Waals surface area contributed by atoms with Crippen molar-refractivity contribution < 1.29 is 22.7 Å². The van der Waals surface area contributed by atoms with Crippen LogP contribution in [0.5, 0.6) is 0 Å². The maximum Gasteiger partial charge on any atom is 0.348 e. The van der Waals surface area contributed by atoms with Gasteiger partial charge in [-0.25, -0.2) is 13.2 Å². The van der Waals surface area contributed by atoms with Crippen molar-refractivity contribution in [2.45, 2.75) is 45.1 Å². The molecule has 1 aromatic rings. The molecule has 0 saturated carbocycles. The monoisotopic (exact) mass is 385 g/mol. The molecule has 2 aliphatic rings. The normalized spacial score (nSPS) is 21.6. The van der Waals surface area contributed by atoms with Gasteiger partial charge in [0.25, 0.3) is 5.91 Å². The summed E-state index contributed by atoms with van der Waals surface area (Å²) >= 11 is 1.46.